The number of rotatable bonds is 9. The number of amides is 3. The lowest BCUT2D eigenvalue weighted by Crippen LogP contribution is -2.52. The quantitative estimate of drug-likeness (QED) is 0.222. The van der Waals surface area contributed by atoms with E-state index < -0.39 is 23.8 Å². The first kappa shape index (κ1) is 24.5. The predicted octanol–water partition coefficient (Wildman–Crippen LogP) is 2.68. The van der Waals surface area contributed by atoms with Crippen LogP contribution in [-0.2, 0) is 27.4 Å². The highest BCUT2D eigenvalue weighted by atomic mass is 16.5. The predicted molar refractivity (Wildman–Crippen MR) is 126 cm³/mol. The van der Waals surface area contributed by atoms with Crippen LogP contribution in [0, 0.1) is 0 Å². The maximum absolute atomic E-state index is 13.0. The Hall–Kier alpha value is -4.17. The summed E-state index contributed by atoms with van der Waals surface area (Å²) >= 11 is 0. The molecule has 0 unspecified atom stereocenters. The monoisotopic (exact) mass is 461 g/mol. The van der Waals surface area contributed by atoms with E-state index in [9.17, 15) is 14.4 Å². The van der Waals surface area contributed by atoms with Crippen molar-refractivity contribution in [3.05, 3.63) is 102 Å². The van der Waals surface area contributed by atoms with Gasteiger partial charge < -0.3 is 15.4 Å². The molecule has 8 nitrogen and oxygen atoms in total. The van der Waals surface area contributed by atoms with Gasteiger partial charge in [0.1, 0.15) is 18.4 Å². The van der Waals surface area contributed by atoms with Crippen LogP contribution in [-0.4, -0.2) is 29.0 Å². The van der Waals surface area contributed by atoms with Crippen LogP contribution >= 0.6 is 0 Å². The van der Waals surface area contributed by atoms with Gasteiger partial charge >= 0.3 is 11.8 Å². The van der Waals surface area contributed by atoms with Crippen LogP contribution < -0.4 is 20.9 Å². The molecule has 3 aromatic carbocycles. The zero-order valence-electron chi connectivity index (χ0n) is 18.7. The van der Waals surface area contributed by atoms with Crippen LogP contribution in [0.1, 0.15) is 29.7 Å². The van der Waals surface area contributed by atoms with Crippen molar-refractivity contribution in [1.29, 1.82) is 0 Å². The Balaban J connectivity index is 1.67. The first-order valence-electron chi connectivity index (χ1n) is 10.8. The number of ether oxygens (including phenoxy) is 1. The molecule has 8 heteroatoms. The summed E-state index contributed by atoms with van der Waals surface area (Å²) in [4.78, 5) is 36.5. The number of hydroxylamine groups is 1. The van der Waals surface area contributed by atoms with Crippen LogP contribution in [0.25, 0.3) is 0 Å². The SMILES string of the molecule is C[C@H](NC(=O)[C@H](Cc1ccc(OCc2ccccc2)cc1)NC(=O)C(=O)NO)c1ccccc1. The van der Waals surface area contributed by atoms with Gasteiger partial charge in [0, 0.05) is 6.42 Å². The Bertz CT molecular complexity index is 1090. The number of carbonyl (C=O) groups excluding carboxylic acids is 3. The van der Waals surface area contributed by atoms with E-state index in [0.29, 0.717) is 12.4 Å². The van der Waals surface area contributed by atoms with Crippen molar-refractivity contribution < 1.29 is 24.3 Å². The van der Waals surface area contributed by atoms with Crippen molar-refractivity contribution in [2.45, 2.75) is 32.0 Å². The second kappa shape index (κ2) is 12.2. The van der Waals surface area contributed by atoms with Gasteiger partial charge in [-0.1, -0.05) is 72.8 Å². The summed E-state index contributed by atoms with van der Waals surface area (Å²) in [5.74, 6) is -2.16. The zero-order valence-corrected chi connectivity index (χ0v) is 18.7. The van der Waals surface area contributed by atoms with Crippen molar-refractivity contribution in [1.82, 2.24) is 16.1 Å². The van der Waals surface area contributed by atoms with E-state index in [1.165, 1.54) is 5.48 Å². The Morgan fingerprint density at radius 2 is 1.41 bits per heavy atom. The smallest absolute Gasteiger partial charge is 0.332 e. The number of carbonyl (C=O) groups is 3. The molecule has 176 valence electrons. The number of hydrogen-bond donors (Lipinski definition) is 4. The molecule has 0 aliphatic carbocycles. The molecule has 3 aromatic rings. The van der Waals surface area contributed by atoms with Crippen LogP contribution in [0.15, 0.2) is 84.9 Å². The summed E-state index contributed by atoms with van der Waals surface area (Å²) in [6, 6.07) is 24.9. The molecular weight excluding hydrogens is 434 g/mol. The third-order valence-electron chi connectivity index (χ3n) is 5.20. The minimum absolute atomic E-state index is 0.136. The minimum Gasteiger partial charge on any atom is -0.489 e. The number of benzene rings is 3. The van der Waals surface area contributed by atoms with E-state index in [2.05, 4.69) is 10.6 Å². The molecule has 0 aliphatic heterocycles. The molecule has 0 spiro atoms. The Morgan fingerprint density at radius 3 is 2.03 bits per heavy atom. The molecule has 4 N–H and O–H groups in total. The van der Waals surface area contributed by atoms with Gasteiger partial charge in [0.05, 0.1) is 6.04 Å². The first-order valence-corrected chi connectivity index (χ1v) is 10.8. The van der Waals surface area contributed by atoms with Crippen molar-refractivity contribution in [2.75, 3.05) is 0 Å². The van der Waals surface area contributed by atoms with E-state index in [1.54, 1.807) is 24.3 Å². The van der Waals surface area contributed by atoms with Crippen molar-refractivity contribution in [3.8, 4) is 5.75 Å². The summed E-state index contributed by atoms with van der Waals surface area (Å²) in [7, 11) is 0. The van der Waals surface area contributed by atoms with E-state index in [0.717, 1.165) is 16.7 Å². The van der Waals surface area contributed by atoms with Gasteiger partial charge in [-0.2, -0.15) is 0 Å². The van der Waals surface area contributed by atoms with E-state index in [1.807, 2.05) is 67.6 Å². The van der Waals surface area contributed by atoms with Crippen LogP contribution in [0.2, 0.25) is 0 Å². The van der Waals surface area contributed by atoms with Gasteiger partial charge in [0.15, 0.2) is 0 Å². The molecule has 3 rings (SSSR count). The molecule has 0 fully saturated rings. The zero-order chi connectivity index (χ0) is 24.3. The lowest BCUT2D eigenvalue weighted by molar-refractivity contribution is -0.145. The van der Waals surface area contributed by atoms with Gasteiger partial charge in [0.2, 0.25) is 5.91 Å². The summed E-state index contributed by atoms with van der Waals surface area (Å²) in [6.07, 6.45) is 0.136. The lowest BCUT2D eigenvalue weighted by Gasteiger charge is -2.21. The summed E-state index contributed by atoms with van der Waals surface area (Å²) in [5, 5.41) is 14.0. The summed E-state index contributed by atoms with van der Waals surface area (Å²) in [6.45, 7) is 2.25. The number of nitrogens with one attached hydrogen (secondary N) is 3. The third-order valence-corrected chi connectivity index (χ3v) is 5.20. The van der Waals surface area contributed by atoms with Gasteiger partial charge in [-0.25, -0.2) is 5.48 Å². The van der Waals surface area contributed by atoms with Crippen LogP contribution in [0.5, 0.6) is 5.75 Å². The van der Waals surface area contributed by atoms with Crippen molar-refractivity contribution in [2.24, 2.45) is 0 Å². The molecule has 3 amide bonds. The molecule has 0 saturated carbocycles. The standard InChI is InChI=1S/C26H27N3O5/c1-18(21-10-6-3-7-11-21)27-24(30)23(28-25(31)26(32)29-33)16-19-12-14-22(15-13-19)34-17-20-8-4-2-5-9-20/h2-15,18,23,33H,16-17H2,1H3,(H,27,30)(H,28,31)(H,29,32)/t18-,23-/m0/s1. The van der Waals surface area contributed by atoms with Gasteiger partial charge in [0.25, 0.3) is 0 Å². The Kier molecular flexibility index (Phi) is 8.76. The summed E-state index contributed by atoms with van der Waals surface area (Å²) < 4.78 is 5.78. The molecule has 2 atom stereocenters. The maximum atomic E-state index is 13.0. The van der Waals surface area contributed by atoms with Gasteiger partial charge in [-0.15, -0.1) is 0 Å². The van der Waals surface area contributed by atoms with Gasteiger partial charge in [-0.3, -0.25) is 19.6 Å². The lowest BCUT2D eigenvalue weighted by atomic mass is 10.0. The highest BCUT2D eigenvalue weighted by Crippen LogP contribution is 2.16. The van der Waals surface area contributed by atoms with E-state index >= 15 is 0 Å². The second-order valence-corrected chi connectivity index (χ2v) is 7.73. The van der Waals surface area contributed by atoms with Gasteiger partial charge in [-0.05, 0) is 35.7 Å². The molecule has 0 saturated heterocycles. The third kappa shape index (κ3) is 7.18. The second-order valence-electron chi connectivity index (χ2n) is 7.73. The molecular formula is C26H27N3O5. The first-order chi connectivity index (χ1) is 16.5. The largest absolute Gasteiger partial charge is 0.489 e. The number of hydrogen-bond acceptors (Lipinski definition) is 5. The molecule has 0 aromatic heterocycles. The highest BCUT2D eigenvalue weighted by Gasteiger charge is 2.25. The molecule has 0 radical (unpaired) electrons. The Morgan fingerprint density at radius 1 is 0.794 bits per heavy atom. The fraction of sp³-hybridized carbons (Fsp3) is 0.192. The summed E-state index contributed by atoms with van der Waals surface area (Å²) in [5.41, 5.74) is 3.97. The van der Waals surface area contributed by atoms with Crippen molar-refractivity contribution in [3.63, 3.8) is 0 Å². The van der Waals surface area contributed by atoms with E-state index in [4.69, 9.17) is 9.94 Å². The molecule has 34 heavy (non-hydrogen) atoms. The molecule has 0 bridgehead atoms. The molecule has 0 aliphatic rings. The topological polar surface area (TPSA) is 117 Å². The Labute approximate surface area is 197 Å². The fourth-order valence-electron chi connectivity index (χ4n) is 3.32. The average Bonchev–Trinajstić information content (AvgIpc) is 2.88. The van der Waals surface area contributed by atoms with Crippen LogP contribution in [0.4, 0.5) is 0 Å². The normalized spacial score (nSPS) is 12.2. The molecule has 0 heterocycles. The highest BCUT2D eigenvalue weighted by molar-refractivity contribution is 6.35. The van der Waals surface area contributed by atoms with E-state index in [-0.39, 0.29) is 12.5 Å². The average molecular weight is 462 g/mol. The van der Waals surface area contributed by atoms with Crippen molar-refractivity contribution >= 4 is 17.7 Å². The minimum atomic E-state index is -1.25. The van der Waals surface area contributed by atoms with Crippen LogP contribution in [0.3, 0.4) is 0 Å². The maximum Gasteiger partial charge on any atom is 0.332 e. The fourth-order valence-corrected chi connectivity index (χ4v) is 3.32.